The van der Waals surface area contributed by atoms with Crippen LogP contribution in [-0.2, 0) is 14.2 Å². The monoisotopic (exact) mass is 377 g/mol. The predicted molar refractivity (Wildman–Crippen MR) is 98.9 cm³/mol. The van der Waals surface area contributed by atoms with Crippen LogP contribution in [-0.4, -0.2) is 85.8 Å². The van der Waals surface area contributed by atoms with E-state index < -0.39 is 0 Å². The van der Waals surface area contributed by atoms with Gasteiger partial charge in [-0.2, -0.15) is 4.98 Å². The molecule has 4 rings (SSSR count). The van der Waals surface area contributed by atoms with Gasteiger partial charge in [-0.15, -0.1) is 0 Å². The van der Waals surface area contributed by atoms with Crippen molar-refractivity contribution < 1.29 is 19.0 Å². The first-order valence-corrected chi connectivity index (χ1v) is 9.72. The maximum atomic E-state index is 11.8. The standard InChI is InChI=1S/C18H27N5O4/c1-2-25-17(24)23-11-9-22(10-12-23)16-19-6-3-15(20-16)21-7-4-18(5-8-21)26-13-14-27-18/h3,6H,2,4-5,7-14H2,1H3. The fraction of sp³-hybridized carbons (Fsp3) is 0.722. The Morgan fingerprint density at radius 1 is 1.11 bits per heavy atom. The summed E-state index contributed by atoms with van der Waals surface area (Å²) < 4.78 is 16.7. The number of hydrogen-bond donors (Lipinski definition) is 0. The Morgan fingerprint density at radius 2 is 1.81 bits per heavy atom. The van der Waals surface area contributed by atoms with Gasteiger partial charge in [0.1, 0.15) is 5.82 Å². The number of amides is 1. The average molecular weight is 377 g/mol. The number of piperazine rings is 1. The summed E-state index contributed by atoms with van der Waals surface area (Å²) in [6.45, 7) is 7.95. The van der Waals surface area contributed by atoms with Crippen LogP contribution in [0.3, 0.4) is 0 Å². The Bertz CT molecular complexity index is 649. The molecule has 3 aliphatic heterocycles. The van der Waals surface area contributed by atoms with Gasteiger partial charge in [0.2, 0.25) is 5.95 Å². The van der Waals surface area contributed by atoms with Gasteiger partial charge in [-0.1, -0.05) is 0 Å². The molecule has 4 heterocycles. The van der Waals surface area contributed by atoms with Crippen molar-refractivity contribution in [1.82, 2.24) is 14.9 Å². The van der Waals surface area contributed by atoms with E-state index in [1.54, 1.807) is 4.90 Å². The number of anilines is 2. The van der Waals surface area contributed by atoms with E-state index in [1.807, 2.05) is 19.2 Å². The summed E-state index contributed by atoms with van der Waals surface area (Å²) in [6.07, 6.45) is 3.27. The molecule has 0 saturated carbocycles. The van der Waals surface area contributed by atoms with Gasteiger partial charge in [-0.25, -0.2) is 9.78 Å². The quantitative estimate of drug-likeness (QED) is 0.775. The first kappa shape index (κ1) is 18.2. The van der Waals surface area contributed by atoms with Crippen LogP contribution in [0.4, 0.5) is 16.6 Å². The third kappa shape index (κ3) is 3.93. The molecule has 1 amide bonds. The van der Waals surface area contributed by atoms with Gasteiger partial charge >= 0.3 is 6.09 Å². The molecule has 3 saturated heterocycles. The fourth-order valence-electron chi connectivity index (χ4n) is 3.83. The number of aromatic nitrogens is 2. The van der Waals surface area contributed by atoms with Gasteiger partial charge in [0.25, 0.3) is 0 Å². The normalized spacial score (nSPS) is 22.3. The van der Waals surface area contributed by atoms with E-state index in [0.717, 1.165) is 31.7 Å². The Balaban J connectivity index is 1.35. The summed E-state index contributed by atoms with van der Waals surface area (Å²) in [4.78, 5) is 27.2. The lowest BCUT2D eigenvalue weighted by Crippen LogP contribution is -2.49. The molecule has 3 aliphatic rings. The van der Waals surface area contributed by atoms with Crippen molar-refractivity contribution >= 4 is 17.9 Å². The minimum atomic E-state index is -0.379. The Kier molecular flexibility index (Phi) is 5.31. The third-order valence-electron chi connectivity index (χ3n) is 5.38. The lowest BCUT2D eigenvalue weighted by atomic mass is 10.0. The molecule has 3 fully saturated rings. The molecule has 1 aromatic heterocycles. The minimum Gasteiger partial charge on any atom is -0.450 e. The second-order valence-electron chi connectivity index (χ2n) is 6.98. The fourth-order valence-corrected chi connectivity index (χ4v) is 3.83. The maximum Gasteiger partial charge on any atom is 0.409 e. The zero-order valence-electron chi connectivity index (χ0n) is 15.8. The molecule has 1 aromatic rings. The van der Waals surface area contributed by atoms with Gasteiger partial charge in [-0.05, 0) is 13.0 Å². The molecule has 0 bridgehead atoms. The number of rotatable bonds is 3. The van der Waals surface area contributed by atoms with E-state index in [1.165, 1.54) is 0 Å². The van der Waals surface area contributed by atoms with E-state index in [2.05, 4.69) is 14.8 Å². The number of hydrogen-bond acceptors (Lipinski definition) is 8. The van der Waals surface area contributed by atoms with Gasteiger partial charge in [0, 0.05) is 58.3 Å². The van der Waals surface area contributed by atoms with Crippen LogP contribution in [0.25, 0.3) is 0 Å². The maximum absolute atomic E-state index is 11.8. The summed E-state index contributed by atoms with van der Waals surface area (Å²) in [5, 5.41) is 0. The van der Waals surface area contributed by atoms with Crippen molar-refractivity contribution in [3.05, 3.63) is 12.3 Å². The summed E-state index contributed by atoms with van der Waals surface area (Å²) in [5.41, 5.74) is 0. The third-order valence-corrected chi connectivity index (χ3v) is 5.38. The van der Waals surface area contributed by atoms with Crippen molar-refractivity contribution in [3.63, 3.8) is 0 Å². The number of carbonyl (C=O) groups is 1. The van der Waals surface area contributed by atoms with E-state index in [0.29, 0.717) is 51.9 Å². The number of carbonyl (C=O) groups excluding carboxylic acids is 1. The minimum absolute atomic E-state index is 0.245. The lowest BCUT2D eigenvalue weighted by Gasteiger charge is -2.38. The summed E-state index contributed by atoms with van der Waals surface area (Å²) in [6, 6.07) is 1.95. The molecule has 9 nitrogen and oxygen atoms in total. The largest absolute Gasteiger partial charge is 0.450 e. The van der Waals surface area contributed by atoms with E-state index in [-0.39, 0.29) is 11.9 Å². The summed E-state index contributed by atoms with van der Waals surface area (Å²) in [5.74, 6) is 1.26. The van der Waals surface area contributed by atoms with Crippen LogP contribution in [0, 0.1) is 0 Å². The predicted octanol–water partition coefficient (Wildman–Crippen LogP) is 1.10. The average Bonchev–Trinajstić information content (AvgIpc) is 3.17. The Hall–Kier alpha value is -2.13. The van der Waals surface area contributed by atoms with E-state index in [9.17, 15) is 4.79 Å². The number of piperidine rings is 1. The van der Waals surface area contributed by atoms with E-state index in [4.69, 9.17) is 19.2 Å². The zero-order valence-corrected chi connectivity index (χ0v) is 15.8. The summed E-state index contributed by atoms with van der Waals surface area (Å²) in [7, 11) is 0. The zero-order chi connectivity index (χ0) is 18.7. The molecule has 0 N–H and O–H groups in total. The SMILES string of the molecule is CCOC(=O)N1CCN(c2nccc(N3CCC4(CC3)OCCO4)n2)CC1. The highest BCUT2D eigenvalue weighted by atomic mass is 16.7. The first-order chi connectivity index (χ1) is 13.2. The van der Waals surface area contributed by atoms with Crippen LogP contribution in [0.2, 0.25) is 0 Å². The first-order valence-electron chi connectivity index (χ1n) is 9.72. The summed E-state index contributed by atoms with van der Waals surface area (Å²) >= 11 is 0. The van der Waals surface area contributed by atoms with Crippen LogP contribution < -0.4 is 9.80 Å². The van der Waals surface area contributed by atoms with Crippen LogP contribution >= 0.6 is 0 Å². The molecule has 0 atom stereocenters. The van der Waals surface area contributed by atoms with Gasteiger partial charge in [0.05, 0.1) is 19.8 Å². The Morgan fingerprint density at radius 3 is 2.48 bits per heavy atom. The Labute approximate surface area is 159 Å². The highest BCUT2D eigenvalue weighted by Gasteiger charge is 2.40. The molecule has 148 valence electrons. The molecule has 9 heteroatoms. The topological polar surface area (TPSA) is 80.3 Å². The van der Waals surface area contributed by atoms with Crippen LogP contribution in [0.5, 0.6) is 0 Å². The second-order valence-corrected chi connectivity index (χ2v) is 6.98. The van der Waals surface area contributed by atoms with Crippen molar-refractivity contribution in [3.8, 4) is 0 Å². The van der Waals surface area contributed by atoms with Gasteiger partial charge in [-0.3, -0.25) is 0 Å². The van der Waals surface area contributed by atoms with Crippen molar-refractivity contribution in [1.29, 1.82) is 0 Å². The highest BCUT2D eigenvalue weighted by Crippen LogP contribution is 2.32. The number of ether oxygens (including phenoxy) is 3. The molecule has 0 unspecified atom stereocenters. The smallest absolute Gasteiger partial charge is 0.409 e. The van der Waals surface area contributed by atoms with Crippen LogP contribution in [0.15, 0.2) is 12.3 Å². The number of nitrogens with zero attached hydrogens (tertiary/aromatic N) is 5. The molecule has 27 heavy (non-hydrogen) atoms. The molecule has 1 spiro atoms. The molecule has 0 aliphatic carbocycles. The highest BCUT2D eigenvalue weighted by molar-refractivity contribution is 5.68. The second kappa shape index (κ2) is 7.85. The van der Waals surface area contributed by atoms with Gasteiger partial charge < -0.3 is 28.9 Å². The molecule has 0 radical (unpaired) electrons. The lowest BCUT2D eigenvalue weighted by molar-refractivity contribution is -0.169. The van der Waals surface area contributed by atoms with E-state index >= 15 is 0 Å². The van der Waals surface area contributed by atoms with Crippen molar-refractivity contribution in [2.24, 2.45) is 0 Å². The van der Waals surface area contributed by atoms with Gasteiger partial charge in [0.15, 0.2) is 5.79 Å². The van der Waals surface area contributed by atoms with Crippen molar-refractivity contribution in [2.45, 2.75) is 25.6 Å². The van der Waals surface area contributed by atoms with Crippen molar-refractivity contribution in [2.75, 3.05) is 68.9 Å². The van der Waals surface area contributed by atoms with Crippen LogP contribution in [0.1, 0.15) is 19.8 Å². The molecule has 0 aromatic carbocycles. The molecular weight excluding hydrogens is 350 g/mol. The molecular formula is C18H27N5O4.